The van der Waals surface area contributed by atoms with Crippen LogP contribution in [0.5, 0.6) is 5.75 Å². The lowest BCUT2D eigenvalue weighted by atomic mass is 10.0. The fourth-order valence-corrected chi connectivity index (χ4v) is 3.68. The van der Waals surface area contributed by atoms with Crippen molar-refractivity contribution in [3.63, 3.8) is 0 Å². The fourth-order valence-electron chi connectivity index (χ4n) is 3.68. The lowest BCUT2D eigenvalue weighted by molar-refractivity contribution is 0.303. The van der Waals surface area contributed by atoms with Gasteiger partial charge in [0.15, 0.2) is 0 Å². The highest BCUT2D eigenvalue weighted by atomic mass is 16.5. The minimum atomic E-state index is -0.288. The molecule has 0 radical (unpaired) electrons. The van der Waals surface area contributed by atoms with Crippen molar-refractivity contribution in [1.82, 2.24) is 24.1 Å². The highest BCUT2D eigenvalue weighted by Gasteiger charge is 2.24. The number of aromatic nitrogens is 5. The predicted molar refractivity (Wildman–Crippen MR) is 110 cm³/mol. The molecular formula is C22H21N5O2. The van der Waals surface area contributed by atoms with Crippen molar-refractivity contribution in [3.8, 4) is 22.8 Å². The van der Waals surface area contributed by atoms with Crippen LogP contribution in [0.15, 0.2) is 47.7 Å². The minimum Gasteiger partial charge on any atom is -0.490 e. The number of nitrogens with zero attached hydrogens (tertiary/aromatic N) is 5. The Morgan fingerprint density at radius 3 is 2.55 bits per heavy atom. The molecule has 3 heterocycles. The van der Waals surface area contributed by atoms with Crippen molar-refractivity contribution >= 4 is 5.52 Å². The Morgan fingerprint density at radius 1 is 1.07 bits per heavy atom. The molecule has 1 aliphatic rings. The van der Waals surface area contributed by atoms with Crippen LogP contribution in [0.25, 0.3) is 22.6 Å². The molecule has 1 fully saturated rings. The molecule has 0 unspecified atom stereocenters. The van der Waals surface area contributed by atoms with Crippen LogP contribution < -0.4 is 10.4 Å². The summed E-state index contributed by atoms with van der Waals surface area (Å²) in [4.78, 5) is 21.7. The topological polar surface area (TPSA) is 74.3 Å². The molecule has 0 N–H and O–H groups in total. The number of hydrogen-bond donors (Lipinski definition) is 0. The van der Waals surface area contributed by atoms with E-state index in [1.165, 1.54) is 4.68 Å². The summed E-state index contributed by atoms with van der Waals surface area (Å²) in [6.45, 7) is 5.86. The molecule has 29 heavy (non-hydrogen) atoms. The molecule has 7 heteroatoms. The van der Waals surface area contributed by atoms with Gasteiger partial charge in [-0.2, -0.15) is 5.10 Å². The number of rotatable bonds is 4. The highest BCUT2D eigenvalue weighted by molar-refractivity contribution is 5.79. The molecule has 0 spiro atoms. The first-order chi connectivity index (χ1) is 14.0. The van der Waals surface area contributed by atoms with E-state index in [1.807, 2.05) is 45.0 Å². The van der Waals surface area contributed by atoms with E-state index in [2.05, 4.69) is 15.1 Å². The van der Waals surface area contributed by atoms with Crippen LogP contribution in [-0.2, 0) is 0 Å². The number of hydrogen-bond acceptors (Lipinski definition) is 5. The SMILES string of the molecule is Cc1cnc(-n2ncc3c(C)c(-c4cccc(OC5CC5)c4)c(C)n3c2=O)nc1. The molecule has 5 rings (SSSR count). The van der Waals surface area contributed by atoms with Crippen LogP contribution in [0.1, 0.15) is 29.7 Å². The maximum Gasteiger partial charge on any atom is 0.356 e. The Labute approximate surface area is 167 Å². The molecule has 0 aliphatic heterocycles. The van der Waals surface area contributed by atoms with Crippen LogP contribution in [0.2, 0.25) is 0 Å². The second-order valence-electron chi connectivity index (χ2n) is 7.55. The van der Waals surface area contributed by atoms with Crippen molar-refractivity contribution in [2.75, 3.05) is 0 Å². The number of benzene rings is 1. The quantitative estimate of drug-likeness (QED) is 0.536. The molecule has 1 aliphatic carbocycles. The Balaban J connectivity index is 1.67. The van der Waals surface area contributed by atoms with E-state index in [4.69, 9.17) is 4.74 Å². The molecule has 0 bridgehead atoms. The van der Waals surface area contributed by atoms with E-state index in [0.717, 1.165) is 52.1 Å². The molecule has 4 aromatic rings. The third kappa shape index (κ3) is 2.99. The van der Waals surface area contributed by atoms with Crippen LogP contribution in [0, 0.1) is 20.8 Å². The van der Waals surface area contributed by atoms with Crippen LogP contribution in [-0.4, -0.2) is 30.3 Å². The molecule has 7 nitrogen and oxygen atoms in total. The average Bonchev–Trinajstić information content (AvgIpc) is 3.48. The molecule has 0 saturated heterocycles. The Kier molecular flexibility index (Phi) is 3.97. The normalized spacial score (nSPS) is 13.8. The van der Waals surface area contributed by atoms with Gasteiger partial charge in [-0.1, -0.05) is 12.1 Å². The zero-order chi connectivity index (χ0) is 20.1. The molecule has 146 valence electrons. The zero-order valence-corrected chi connectivity index (χ0v) is 16.6. The summed E-state index contributed by atoms with van der Waals surface area (Å²) in [7, 11) is 0. The fraction of sp³-hybridized carbons (Fsp3) is 0.273. The van der Waals surface area contributed by atoms with Gasteiger partial charge in [-0.25, -0.2) is 14.8 Å². The maximum atomic E-state index is 13.2. The lowest BCUT2D eigenvalue weighted by Crippen LogP contribution is -2.29. The van der Waals surface area contributed by atoms with Crippen molar-refractivity contribution in [3.05, 3.63) is 70.2 Å². The van der Waals surface area contributed by atoms with Crippen LogP contribution in [0.3, 0.4) is 0 Å². The van der Waals surface area contributed by atoms with Crippen molar-refractivity contribution in [2.45, 2.75) is 39.7 Å². The first-order valence-electron chi connectivity index (χ1n) is 9.69. The number of fused-ring (bicyclic) bond motifs is 1. The van der Waals surface area contributed by atoms with E-state index >= 15 is 0 Å². The summed E-state index contributed by atoms with van der Waals surface area (Å²) >= 11 is 0. The molecular weight excluding hydrogens is 366 g/mol. The summed E-state index contributed by atoms with van der Waals surface area (Å²) in [5, 5.41) is 4.31. The van der Waals surface area contributed by atoms with Crippen molar-refractivity contribution in [1.29, 1.82) is 0 Å². The van der Waals surface area contributed by atoms with Gasteiger partial charge in [0, 0.05) is 23.7 Å². The molecule has 0 atom stereocenters. The largest absolute Gasteiger partial charge is 0.490 e. The summed E-state index contributed by atoms with van der Waals surface area (Å²) in [6, 6.07) is 8.06. The maximum absolute atomic E-state index is 13.2. The second-order valence-corrected chi connectivity index (χ2v) is 7.55. The Morgan fingerprint density at radius 2 is 1.83 bits per heavy atom. The van der Waals surface area contributed by atoms with Crippen molar-refractivity contribution < 1.29 is 4.74 Å². The molecule has 1 saturated carbocycles. The predicted octanol–water partition coefficient (Wildman–Crippen LogP) is 3.41. The van der Waals surface area contributed by atoms with Crippen LogP contribution >= 0.6 is 0 Å². The zero-order valence-electron chi connectivity index (χ0n) is 16.6. The van der Waals surface area contributed by atoms with E-state index < -0.39 is 0 Å². The lowest BCUT2D eigenvalue weighted by Gasteiger charge is -2.08. The smallest absolute Gasteiger partial charge is 0.356 e. The van der Waals surface area contributed by atoms with Gasteiger partial charge in [0.25, 0.3) is 5.95 Å². The Bertz CT molecular complexity index is 1280. The third-order valence-electron chi connectivity index (χ3n) is 5.27. The standard InChI is InChI=1S/C22H21N5O2/c1-13-10-23-21(24-11-13)27-22(28)26-15(3)20(14(2)19(26)12-25-27)16-5-4-6-18(9-16)29-17-7-8-17/h4-6,9-12,17H,7-8H2,1-3H3. The van der Waals surface area contributed by atoms with Gasteiger partial charge in [-0.05, 0) is 62.4 Å². The average molecular weight is 387 g/mol. The molecule has 3 aromatic heterocycles. The number of aryl methyl sites for hydroxylation is 3. The minimum absolute atomic E-state index is 0.259. The summed E-state index contributed by atoms with van der Waals surface area (Å²) in [5.74, 6) is 1.12. The third-order valence-corrected chi connectivity index (χ3v) is 5.27. The van der Waals surface area contributed by atoms with Gasteiger partial charge >= 0.3 is 5.69 Å². The van der Waals surface area contributed by atoms with Gasteiger partial charge in [0.05, 0.1) is 17.8 Å². The Hall–Kier alpha value is -3.48. The molecule has 0 amide bonds. The number of ether oxygens (including phenoxy) is 1. The summed E-state index contributed by atoms with van der Waals surface area (Å²) < 4.78 is 8.86. The molecule has 1 aromatic carbocycles. The first-order valence-corrected chi connectivity index (χ1v) is 9.69. The van der Waals surface area contributed by atoms with Gasteiger partial charge in [-0.3, -0.25) is 4.40 Å². The summed E-state index contributed by atoms with van der Waals surface area (Å²) in [6.07, 6.45) is 7.61. The van der Waals surface area contributed by atoms with E-state index in [-0.39, 0.29) is 11.6 Å². The van der Waals surface area contributed by atoms with Gasteiger partial charge < -0.3 is 4.74 Å². The van der Waals surface area contributed by atoms with E-state index in [1.54, 1.807) is 23.0 Å². The second kappa shape index (κ2) is 6.55. The van der Waals surface area contributed by atoms with Gasteiger partial charge in [-0.15, -0.1) is 4.68 Å². The van der Waals surface area contributed by atoms with Gasteiger partial charge in [0.1, 0.15) is 5.75 Å². The highest BCUT2D eigenvalue weighted by Crippen LogP contribution is 2.34. The first kappa shape index (κ1) is 17.6. The van der Waals surface area contributed by atoms with E-state index in [0.29, 0.717) is 6.10 Å². The van der Waals surface area contributed by atoms with Crippen molar-refractivity contribution in [2.24, 2.45) is 0 Å². The van der Waals surface area contributed by atoms with Crippen LogP contribution in [0.4, 0.5) is 0 Å². The van der Waals surface area contributed by atoms with Gasteiger partial charge in [0.2, 0.25) is 0 Å². The van der Waals surface area contributed by atoms with E-state index in [9.17, 15) is 4.79 Å². The monoisotopic (exact) mass is 387 g/mol. The summed E-state index contributed by atoms with van der Waals surface area (Å²) in [5.41, 5.74) is 5.32.